The topological polar surface area (TPSA) is 72.2 Å². The number of hydrogen-bond acceptors (Lipinski definition) is 3. The lowest BCUT2D eigenvalue weighted by molar-refractivity contribution is -0.138. The van der Waals surface area contributed by atoms with Gasteiger partial charge in [-0.3, -0.25) is 9.59 Å². The lowest BCUT2D eigenvalue weighted by atomic mass is 10.1. The molecule has 1 saturated carbocycles. The van der Waals surface area contributed by atoms with E-state index in [1.807, 2.05) is 6.92 Å². The molecular formula is C9H16N2O2. The number of ketones is 1. The Kier molecular flexibility index (Phi) is 3.42. The van der Waals surface area contributed by atoms with Crippen molar-refractivity contribution >= 4 is 11.7 Å². The lowest BCUT2D eigenvalue weighted by Crippen LogP contribution is -2.43. The number of nitrogens with two attached hydrogens (primary N) is 1. The summed E-state index contributed by atoms with van der Waals surface area (Å²) in [6, 6.07) is -0.394. The molecule has 0 unspecified atom stereocenters. The van der Waals surface area contributed by atoms with Gasteiger partial charge in [0.2, 0.25) is 5.78 Å². The van der Waals surface area contributed by atoms with Crippen molar-refractivity contribution in [2.24, 2.45) is 5.73 Å². The van der Waals surface area contributed by atoms with E-state index in [0.29, 0.717) is 6.42 Å². The summed E-state index contributed by atoms with van der Waals surface area (Å²) in [6.45, 7) is 1.94. The minimum absolute atomic E-state index is 0.227. The molecule has 0 aliphatic heterocycles. The molecule has 3 N–H and O–H groups in total. The van der Waals surface area contributed by atoms with Gasteiger partial charge < -0.3 is 11.1 Å². The predicted molar refractivity (Wildman–Crippen MR) is 49.1 cm³/mol. The largest absolute Gasteiger partial charge is 0.347 e. The molecular weight excluding hydrogens is 168 g/mol. The first-order valence-electron chi connectivity index (χ1n) is 4.75. The Balaban J connectivity index is 2.31. The van der Waals surface area contributed by atoms with Gasteiger partial charge in [-0.1, -0.05) is 13.3 Å². The van der Waals surface area contributed by atoms with Gasteiger partial charge in [0.05, 0.1) is 6.04 Å². The third-order valence-corrected chi connectivity index (χ3v) is 2.07. The molecule has 4 nitrogen and oxygen atoms in total. The molecule has 0 aromatic carbocycles. The predicted octanol–water partition coefficient (Wildman–Crippen LogP) is -0.0385. The van der Waals surface area contributed by atoms with Gasteiger partial charge in [-0.2, -0.15) is 0 Å². The number of hydrogen-bond donors (Lipinski definition) is 2. The highest BCUT2D eigenvalue weighted by molar-refractivity contribution is 6.38. The highest BCUT2D eigenvalue weighted by atomic mass is 16.2. The molecule has 0 spiro atoms. The summed E-state index contributed by atoms with van der Waals surface area (Å²) < 4.78 is 0. The van der Waals surface area contributed by atoms with Gasteiger partial charge in [0.1, 0.15) is 0 Å². The molecule has 0 heterocycles. The molecule has 0 saturated heterocycles. The van der Waals surface area contributed by atoms with Crippen LogP contribution in [0.25, 0.3) is 0 Å². The molecule has 74 valence electrons. The standard InChI is InChI=1S/C9H16N2O2/c1-2-3-7(10)8(12)9(13)11-6-4-5-6/h6-7H,2-5,10H2,1H3,(H,11,13)/t7-/m1/s1. The van der Waals surface area contributed by atoms with E-state index in [-0.39, 0.29) is 6.04 Å². The summed E-state index contributed by atoms with van der Waals surface area (Å²) in [5.41, 5.74) is 5.51. The van der Waals surface area contributed by atoms with Crippen molar-refractivity contribution in [1.82, 2.24) is 5.32 Å². The normalized spacial score (nSPS) is 18.0. The third kappa shape index (κ3) is 3.14. The number of carbonyl (C=O) groups excluding carboxylic acids is 2. The molecule has 1 fully saturated rings. The van der Waals surface area contributed by atoms with Gasteiger partial charge in [0.25, 0.3) is 5.91 Å². The maximum Gasteiger partial charge on any atom is 0.289 e. The van der Waals surface area contributed by atoms with Crippen molar-refractivity contribution in [2.75, 3.05) is 0 Å². The van der Waals surface area contributed by atoms with Gasteiger partial charge >= 0.3 is 0 Å². The summed E-state index contributed by atoms with van der Waals surface area (Å²) in [4.78, 5) is 22.4. The van der Waals surface area contributed by atoms with E-state index < -0.39 is 17.7 Å². The number of Topliss-reactive ketones (excluding diaryl/α,β-unsaturated/α-hetero) is 1. The first-order chi connectivity index (χ1) is 6.15. The van der Waals surface area contributed by atoms with E-state index >= 15 is 0 Å². The number of rotatable bonds is 5. The SMILES string of the molecule is CCC[C@@H](N)C(=O)C(=O)NC1CC1. The maximum atomic E-state index is 11.3. The van der Waals surface area contributed by atoms with Crippen molar-refractivity contribution in [1.29, 1.82) is 0 Å². The zero-order valence-corrected chi connectivity index (χ0v) is 7.88. The van der Waals surface area contributed by atoms with Crippen LogP contribution in [0.4, 0.5) is 0 Å². The second kappa shape index (κ2) is 4.37. The summed E-state index contributed by atoms with van der Waals surface area (Å²) in [5, 5.41) is 2.62. The minimum atomic E-state index is -0.622. The third-order valence-electron chi connectivity index (χ3n) is 2.07. The first kappa shape index (κ1) is 10.2. The summed E-state index contributed by atoms with van der Waals surface area (Å²) in [6.07, 6.45) is 3.38. The van der Waals surface area contributed by atoms with Crippen molar-refractivity contribution in [3.05, 3.63) is 0 Å². The molecule has 1 atom stereocenters. The van der Waals surface area contributed by atoms with Crippen LogP contribution in [-0.2, 0) is 9.59 Å². The van der Waals surface area contributed by atoms with Crippen LogP contribution in [0.5, 0.6) is 0 Å². The van der Waals surface area contributed by atoms with Crippen LogP contribution in [-0.4, -0.2) is 23.8 Å². The van der Waals surface area contributed by atoms with Crippen LogP contribution in [0.1, 0.15) is 32.6 Å². The molecule has 0 bridgehead atoms. The minimum Gasteiger partial charge on any atom is -0.347 e. The maximum absolute atomic E-state index is 11.3. The van der Waals surface area contributed by atoms with Crippen LogP contribution in [0.3, 0.4) is 0 Å². The number of carbonyl (C=O) groups is 2. The number of amides is 1. The van der Waals surface area contributed by atoms with E-state index in [2.05, 4.69) is 5.32 Å². The zero-order chi connectivity index (χ0) is 9.84. The molecule has 0 radical (unpaired) electrons. The number of nitrogens with one attached hydrogen (secondary N) is 1. The zero-order valence-electron chi connectivity index (χ0n) is 7.88. The van der Waals surface area contributed by atoms with E-state index in [0.717, 1.165) is 19.3 Å². The second-order valence-electron chi connectivity index (χ2n) is 3.51. The fourth-order valence-electron chi connectivity index (χ4n) is 1.09. The summed E-state index contributed by atoms with van der Waals surface area (Å²) in [5.74, 6) is -0.989. The highest BCUT2D eigenvalue weighted by Crippen LogP contribution is 2.18. The van der Waals surface area contributed by atoms with Gasteiger partial charge in [0.15, 0.2) is 0 Å². The highest BCUT2D eigenvalue weighted by Gasteiger charge is 2.28. The van der Waals surface area contributed by atoms with Gasteiger partial charge in [0, 0.05) is 6.04 Å². The molecule has 4 heteroatoms. The molecule has 0 aromatic heterocycles. The van der Waals surface area contributed by atoms with E-state index in [9.17, 15) is 9.59 Å². The smallest absolute Gasteiger partial charge is 0.289 e. The molecule has 1 aliphatic carbocycles. The van der Waals surface area contributed by atoms with Gasteiger partial charge in [-0.15, -0.1) is 0 Å². The Hall–Kier alpha value is -0.900. The molecule has 0 aromatic rings. The molecule has 1 amide bonds. The summed E-state index contributed by atoms with van der Waals surface area (Å²) in [7, 11) is 0. The van der Waals surface area contributed by atoms with Gasteiger partial charge in [-0.05, 0) is 19.3 Å². The van der Waals surface area contributed by atoms with E-state index in [4.69, 9.17) is 5.73 Å². The van der Waals surface area contributed by atoms with Crippen LogP contribution in [0, 0.1) is 0 Å². The first-order valence-corrected chi connectivity index (χ1v) is 4.75. The fraction of sp³-hybridized carbons (Fsp3) is 0.778. The van der Waals surface area contributed by atoms with Crippen LogP contribution in [0.15, 0.2) is 0 Å². The Morgan fingerprint density at radius 1 is 1.54 bits per heavy atom. The fourth-order valence-corrected chi connectivity index (χ4v) is 1.09. The van der Waals surface area contributed by atoms with Crippen LogP contribution < -0.4 is 11.1 Å². The Labute approximate surface area is 77.9 Å². The summed E-state index contributed by atoms with van der Waals surface area (Å²) >= 11 is 0. The van der Waals surface area contributed by atoms with E-state index in [1.165, 1.54) is 0 Å². The average molecular weight is 184 g/mol. The van der Waals surface area contributed by atoms with Crippen LogP contribution >= 0.6 is 0 Å². The van der Waals surface area contributed by atoms with E-state index in [1.54, 1.807) is 0 Å². The Morgan fingerprint density at radius 3 is 2.62 bits per heavy atom. The Bertz CT molecular complexity index is 212. The van der Waals surface area contributed by atoms with Crippen LogP contribution in [0.2, 0.25) is 0 Å². The quantitative estimate of drug-likeness (QED) is 0.589. The second-order valence-corrected chi connectivity index (χ2v) is 3.51. The monoisotopic (exact) mass is 184 g/mol. The Morgan fingerprint density at radius 2 is 2.15 bits per heavy atom. The van der Waals surface area contributed by atoms with Crippen molar-refractivity contribution in [3.63, 3.8) is 0 Å². The lowest BCUT2D eigenvalue weighted by Gasteiger charge is -2.08. The molecule has 13 heavy (non-hydrogen) atoms. The van der Waals surface area contributed by atoms with Crippen molar-refractivity contribution in [3.8, 4) is 0 Å². The molecule has 1 rings (SSSR count). The van der Waals surface area contributed by atoms with Gasteiger partial charge in [-0.25, -0.2) is 0 Å². The molecule has 1 aliphatic rings. The average Bonchev–Trinajstić information content (AvgIpc) is 2.87. The van der Waals surface area contributed by atoms with Crippen molar-refractivity contribution in [2.45, 2.75) is 44.7 Å². The van der Waals surface area contributed by atoms with Crippen molar-refractivity contribution < 1.29 is 9.59 Å².